The minimum atomic E-state index is -3.86. The van der Waals surface area contributed by atoms with Crippen molar-refractivity contribution in [1.82, 2.24) is 4.72 Å². The molecular formula is C14H11Cl2F2NO3S. The molecule has 0 atom stereocenters. The largest absolute Gasteiger partial charge is 0.435 e. The molecule has 0 saturated carbocycles. The summed E-state index contributed by atoms with van der Waals surface area (Å²) in [5, 5.41) is 0.283. The van der Waals surface area contributed by atoms with Gasteiger partial charge in [0.1, 0.15) is 10.6 Å². The van der Waals surface area contributed by atoms with Gasteiger partial charge >= 0.3 is 6.61 Å². The Bertz CT molecular complexity index is 783. The zero-order chi connectivity index (χ0) is 17.0. The molecule has 23 heavy (non-hydrogen) atoms. The van der Waals surface area contributed by atoms with E-state index in [0.29, 0.717) is 5.56 Å². The second-order valence-corrected chi connectivity index (χ2v) is 7.00. The molecule has 2 aromatic carbocycles. The molecule has 0 fully saturated rings. The molecule has 0 aromatic heterocycles. The van der Waals surface area contributed by atoms with E-state index in [9.17, 15) is 17.2 Å². The van der Waals surface area contributed by atoms with Crippen molar-refractivity contribution in [2.24, 2.45) is 0 Å². The van der Waals surface area contributed by atoms with Crippen LogP contribution in [0.3, 0.4) is 0 Å². The van der Waals surface area contributed by atoms with Gasteiger partial charge < -0.3 is 4.74 Å². The van der Waals surface area contributed by atoms with Gasteiger partial charge in [0, 0.05) is 11.6 Å². The van der Waals surface area contributed by atoms with Crippen LogP contribution in [0.5, 0.6) is 5.75 Å². The normalized spacial score (nSPS) is 11.7. The standard InChI is InChI=1S/C14H11Cl2F2NO3S/c15-10-3-6-12(16)13(7-10)23(20,21)19-8-9-1-4-11(5-2-9)22-14(17)18/h1-7,14,19H,8H2. The van der Waals surface area contributed by atoms with E-state index in [1.165, 1.54) is 42.5 Å². The van der Waals surface area contributed by atoms with Crippen molar-refractivity contribution in [1.29, 1.82) is 0 Å². The van der Waals surface area contributed by atoms with Crippen molar-refractivity contribution in [3.05, 3.63) is 58.1 Å². The van der Waals surface area contributed by atoms with Crippen molar-refractivity contribution in [3.63, 3.8) is 0 Å². The third kappa shape index (κ3) is 5.04. The molecule has 0 spiro atoms. The van der Waals surface area contributed by atoms with Gasteiger partial charge in [0.2, 0.25) is 10.0 Å². The highest BCUT2D eigenvalue weighted by Crippen LogP contribution is 2.25. The number of sulfonamides is 1. The molecule has 2 rings (SSSR count). The maximum absolute atomic E-state index is 12.2. The third-order valence-corrected chi connectivity index (χ3v) is 4.92. The van der Waals surface area contributed by atoms with Crippen molar-refractivity contribution in [3.8, 4) is 5.75 Å². The van der Waals surface area contributed by atoms with Crippen molar-refractivity contribution in [2.75, 3.05) is 0 Å². The highest BCUT2D eigenvalue weighted by Gasteiger charge is 2.18. The minimum absolute atomic E-state index is 0.00973. The van der Waals surface area contributed by atoms with Gasteiger partial charge in [-0.2, -0.15) is 8.78 Å². The summed E-state index contributed by atoms with van der Waals surface area (Å²) >= 11 is 11.6. The van der Waals surface area contributed by atoms with Gasteiger partial charge in [-0.1, -0.05) is 35.3 Å². The van der Waals surface area contributed by atoms with Gasteiger partial charge in [-0.15, -0.1) is 0 Å². The third-order valence-electron chi connectivity index (χ3n) is 2.80. The molecule has 0 unspecified atom stereocenters. The van der Waals surface area contributed by atoms with Crippen molar-refractivity contribution >= 4 is 33.2 Å². The Morgan fingerprint density at radius 2 is 1.74 bits per heavy atom. The number of halogens is 4. The molecule has 1 N–H and O–H groups in total. The molecule has 0 bridgehead atoms. The number of nitrogens with one attached hydrogen (secondary N) is 1. The van der Waals surface area contributed by atoms with Gasteiger partial charge in [-0.05, 0) is 35.9 Å². The number of alkyl halides is 2. The molecule has 0 saturated heterocycles. The molecule has 124 valence electrons. The minimum Gasteiger partial charge on any atom is -0.435 e. The maximum atomic E-state index is 12.2. The summed E-state index contributed by atoms with van der Waals surface area (Å²) < 4.78 is 55.1. The van der Waals surface area contributed by atoms with Crippen LogP contribution < -0.4 is 9.46 Å². The van der Waals surface area contributed by atoms with Crippen LogP contribution in [0, 0.1) is 0 Å². The molecule has 0 aliphatic heterocycles. The van der Waals surface area contributed by atoms with Crippen LogP contribution in [0.25, 0.3) is 0 Å². The lowest BCUT2D eigenvalue weighted by molar-refractivity contribution is -0.0498. The van der Waals surface area contributed by atoms with Crippen molar-refractivity contribution < 1.29 is 21.9 Å². The summed E-state index contributed by atoms with van der Waals surface area (Å²) in [6, 6.07) is 9.69. The highest BCUT2D eigenvalue weighted by molar-refractivity contribution is 7.89. The van der Waals surface area contributed by atoms with Crippen molar-refractivity contribution in [2.45, 2.75) is 18.1 Å². The predicted octanol–water partition coefficient (Wildman–Crippen LogP) is 4.07. The number of ether oxygens (including phenoxy) is 1. The molecule has 0 aliphatic carbocycles. The lowest BCUT2D eigenvalue weighted by Gasteiger charge is -2.09. The molecule has 0 aliphatic rings. The number of hydrogen-bond donors (Lipinski definition) is 1. The van der Waals surface area contributed by atoms with E-state index in [4.69, 9.17) is 23.2 Å². The first-order valence-electron chi connectivity index (χ1n) is 6.26. The zero-order valence-corrected chi connectivity index (χ0v) is 13.8. The lowest BCUT2D eigenvalue weighted by Crippen LogP contribution is -2.23. The second-order valence-electron chi connectivity index (χ2n) is 4.42. The van der Waals surface area contributed by atoms with Gasteiger partial charge in [0.05, 0.1) is 5.02 Å². The second kappa shape index (κ2) is 7.44. The summed E-state index contributed by atoms with van der Waals surface area (Å²) in [5.74, 6) is -0.00973. The number of hydrogen-bond acceptors (Lipinski definition) is 3. The lowest BCUT2D eigenvalue weighted by atomic mass is 10.2. The SMILES string of the molecule is O=S(=O)(NCc1ccc(OC(F)F)cc1)c1cc(Cl)ccc1Cl. The van der Waals surface area contributed by atoms with Crippen LogP contribution in [0.4, 0.5) is 8.78 Å². The van der Waals surface area contributed by atoms with Gasteiger partial charge in [0.15, 0.2) is 0 Å². The van der Waals surface area contributed by atoms with E-state index in [1.807, 2.05) is 0 Å². The van der Waals surface area contributed by atoms with E-state index in [0.717, 1.165) is 0 Å². The topological polar surface area (TPSA) is 55.4 Å². The number of benzene rings is 2. The zero-order valence-electron chi connectivity index (χ0n) is 11.5. The molecular weight excluding hydrogens is 371 g/mol. The molecule has 2 aromatic rings. The maximum Gasteiger partial charge on any atom is 0.387 e. The fraction of sp³-hybridized carbons (Fsp3) is 0.143. The monoisotopic (exact) mass is 381 g/mol. The fourth-order valence-electron chi connectivity index (χ4n) is 1.73. The Morgan fingerprint density at radius 3 is 2.35 bits per heavy atom. The smallest absolute Gasteiger partial charge is 0.387 e. The quantitative estimate of drug-likeness (QED) is 0.820. The fourth-order valence-corrected chi connectivity index (χ4v) is 3.51. The average molecular weight is 382 g/mol. The summed E-state index contributed by atoms with van der Waals surface area (Å²) in [7, 11) is -3.86. The van der Waals surface area contributed by atoms with E-state index in [2.05, 4.69) is 9.46 Å². The molecule has 9 heteroatoms. The molecule has 0 amide bonds. The Kier molecular flexibility index (Phi) is 5.80. The summed E-state index contributed by atoms with van der Waals surface area (Å²) in [6.45, 7) is -2.95. The van der Waals surface area contributed by atoms with E-state index in [-0.39, 0.29) is 27.2 Å². The van der Waals surface area contributed by atoms with Gasteiger partial charge in [0.25, 0.3) is 0 Å². The number of rotatable bonds is 6. The van der Waals surface area contributed by atoms with E-state index < -0.39 is 16.6 Å². The van der Waals surface area contributed by atoms with Crippen LogP contribution in [0.1, 0.15) is 5.56 Å². The van der Waals surface area contributed by atoms with E-state index >= 15 is 0 Å². The van der Waals surface area contributed by atoms with Crippen LogP contribution >= 0.6 is 23.2 Å². The highest BCUT2D eigenvalue weighted by atomic mass is 35.5. The average Bonchev–Trinajstić information content (AvgIpc) is 2.48. The Balaban J connectivity index is 2.08. The summed E-state index contributed by atoms with van der Waals surface area (Å²) in [4.78, 5) is -0.135. The molecule has 4 nitrogen and oxygen atoms in total. The van der Waals surface area contributed by atoms with Gasteiger partial charge in [-0.3, -0.25) is 0 Å². The molecule has 0 radical (unpaired) electrons. The molecule has 0 heterocycles. The first-order valence-corrected chi connectivity index (χ1v) is 8.50. The first kappa shape index (κ1) is 17.9. The first-order chi connectivity index (χ1) is 10.8. The van der Waals surface area contributed by atoms with Gasteiger partial charge in [-0.25, -0.2) is 13.1 Å². The van der Waals surface area contributed by atoms with E-state index in [1.54, 1.807) is 0 Å². The Labute approximate surface area is 142 Å². The predicted molar refractivity (Wildman–Crippen MR) is 83.6 cm³/mol. The van der Waals surface area contributed by atoms with Crippen LogP contribution in [0.2, 0.25) is 10.0 Å². The summed E-state index contributed by atoms with van der Waals surface area (Å²) in [5.41, 5.74) is 0.563. The Hall–Kier alpha value is -1.41. The summed E-state index contributed by atoms with van der Waals surface area (Å²) in [6.07, 6.45) is 0. The Morgan fingerprint density at radius 1 is 1.09 bits per heavy atom. The van der Waals surface area contributed by atoms with Crippen LogP contribution in [-0.2, 0) is 16.6 Å². The van der Waals surface area contributed by atoms with Crippen LogP contribution in [0.15, 0.2) is 47.4 Å². The van der Waals surface area contributed by atoms with Crippen LogP contribution in [-0.4, -0.2) is 15.0 Å².